The molecule has 0 unspecified atom stereocenters. The molecule has 7 heteroatoms. The second-order valence-electron chi connectivity index (χ2n) is 8.00. The third-order valence-corrected chi connectivity index (χ3v) is 7.70. The Kier molecular flexibility index (Phi) is 4.06. The molecule has 6 aromatic rings. The maximum absolute atomic E-state index is 13.5. The van der Waals surface area contributed by atoms with Crippen LogP contribution in [0, 0.1) is 0 Å². The lowest BCUT2D eigenvalue weighted by molar-refractivity contribution is 0.594. The van der Waals surface area contributed by atoms with E-state index in [0.717, 1.165) is 21.5 Å². The van der Waals surface area contributed by atoms with E-state index in [9.17, 15) is 18.0 Å². The van der Waals surface area contributed by atoms with E-state index in [2.05, 4.69) is 9.97 Å². The van der Waals surface area contributed by atoms with Crippen molar-refractivity contribution in [3.8, 4) is 0 Å². The zero-order valence-electron chi connectivity index (χ0n) is 17.1. The summed E-state index contributed by atoms with van der Waals surface area (Å²) in [6.07, 6.45) is 0. The Morgan fingerprint density at radius 1 is 0.485 bits per heavy atom. The lowest BCUT2D eigenvalue weighted by Gasteiger charge is -2.08. The smallest absolute Gasteiger partial charge is 0.267 e. The van der Waals surface area contributed by atoms with Crippen LogP contribution in [0.5, 0.6) is 0 Å². The lowest BCUT2D eigenvalue weighted by atomic mass is 10.1. The third-order valence-electron chi connectivity index (χ3n) is 5.93. The first-order valence-corrected chi connectivity index (χ1v) is 11.8. The topological polar surface area (TPSA) is 99.9 Å². The molecule has 0 spiro atoms. The monoisotopic (exact) mass is 452 g/mol. The quantitative estimate of drug-likeness (QED) is 0.378. The van der Waals surface area contributed by atoms with Gasteiger partial charge in [-0.2, -0.15) is 0 Å². The van der Waals surface area contributed by atoms with E-state index in [0.29, 0.717) is 21.8 Å². The van der Waals surface area contributed by atoms with Gasteiger partial charge in [-0.3, -0.25) is 9.59 Å². The Labute approximate surface area is 187 Å². The fourth-order valence-electron chi connectivity index (χ4n) is 4.27. The van der Waals surface area contributed by atoms with Crippen LogP contribution < -0.4 is 11.1 Å². The van der Waals surface area contributed by atoms with Gasteiger partial charge in [-0.05, 0) is 57.9 Å². The molecule has 0 saturated heterocycles. The van der Waals surface area contributed by atoms with Gasteiger partial charge in [0.25, 0.3) is 11.1 Å². The number of nitrogens with one attached hydrogen (secondary N) is 2. The fourth-order valence-corrected chi connectivity index (χ4v) is 5.66. The van der Waals surface area contributed by atoms with Gasteiger partial charge in [-0.15, -0.1) is 0 Å². The van der Waals surface area contributed by atoms with Crippen molar-refractivity contribution < 1.29 is 8.42 Å². The van der Waals surface area contributed by atoms with Crippen LogP contribution in [0.2, 0.25) is 0 Å². The average molecular weight is 452 g/mol. The Bertz CT molecular complexity index is 1850. The van der Waals surface area contributed by atoms with Crippen molar-refractivity contribution in [3.63, 3.8) is 0 Å². The van der Waals surface area contributed by atoms with Gasteiger partial charge >= 0.3 is 0 Å². The number of sulfone groups is 1. The molecule has 6 rings (SSSR count). The Morgan fingerprint density at radius 3 is 1.24 bits per heavy atom. The number of pyridine rings is 2. The Balaban J connectivity index is 1.59. The van der Waals surface area contributed by atoms with E-state index in [4.69, 9.17) is 0 Å². The first-order valence-electron chi connectivity index (χ1n) is 10.3. The minimum Gasteiger partial charge on any atom is -0.321 e. The molecule has 0 fully saturated rings. The number of aromatic amines is 2. The van der Waals surface area contributed by atoms with Crippen LogP contribution in [0.15, 0.2) is 104 Å². The van der Waals surface area contributed by atoms with Gasteiger partial charge in [0.1, 0.15) is 9.79 Å². The highest BCUT2D eigenvalue weighted by atomic mass is 32.2. The second-order valence-corrected chi connectivity index (χ2v) is 9.89. The standard InChI is InChI=1S/C26H16N2O4S/c29-25-23(13-19-9-15-5-1-3-7-17(15)11-21(19)27-25)33(31,32)24-14-20-10-16-6-2-4-8-18(16)12-22(20)28-26(24)30/h1-14H,(H,27,29)(H,28,30). The van der Waals surface area contributed by atoms with Crippen molar-refractivity contribution in [1.82, 2.24) is 9.97 Å². The summed E-state index contributed by atoms with van der Waals surface area (Å²) in [5.74, 6) is 0. The zero-order chi connectivity index (χ0) is 22.7. The molecular formula is C26H16N2O4S. The number of benzene rings is 4. The van der Waals surface area contributed by atoms with E-state index in [1.54, 1.807) is 12.1 Å². The SMILES string of the molecule is O=c1[nH]c2cc3ccccc3cc2cc1S(=O)(=O)c1cc2cc3ccccc3cc2[nH]c1=O. The number of rotatable bonds is 2. The highest BCUT2D eigenvalue weighted by Crippen LogP contribution is 2.26. The van der Waals surface area contributed by atoms with Crippen molar-refractivity contribution in [1.29, 1.82) is 0 Å². The van der Waals surface area contributed by atoms with E-state index in [-0.39, 0.29) is 0 Å². The number of aromatic nitrogens is 2. The summed E-state index contributed by atoms with van der Waals surface area (Å²) >= 11 is 0. The van der Waals surface area contributed by atoms with Crippen LogP contribution in [0.1, 0.15) is 0 Å². The highest BCUT2D eigenvalue weighted by molar-refractivity contribution is 7.91. The van der Waals surface area contributed by atoms with Gasteiger partial charge in [0.2, 0.25) is 9.84 Å². The van der Waals surface area contributed by atoms with E-state index < -0.39 is 30.7 Å². The molecule has 2 aromatic heterocycles. The van der Waals surface area contributed by atoms with Gasteiger partial charge in [0.05, 0.1) is 0 Å². The van der Waals surface area contributed by atoms with Crippen molar-refractivity contribution in [2.75, 3.05) is 0 Å². The Morgan fingerprint density at radius 2 is 0.848 bits per heavy atom. The zero-order valence-corrected chi connectivity index (χ0v) is 17.9. The van der Waals surface area contributed by atoms with Gasteiger partial charge in [-0.1, -0.05) is 48.5 Å². The fraction of sp³-hybridized carbons (Fsp3) is 0. The molecule has 4 aromatic carbocycles. The van der Waals surface area contributed by atoms with Crippen molar-refractivity contribution in [2.24, 2.45) is 0 Å². The molecule has 0 radical (unpaired) electrons. The predicted molar refractivity (Wildman–Crippen MR) is 130 cm³/mol. The maximum atomic E-state index is 13.5. The summed E-state index contributed by atoms with van der Waals surface area (Å²) < 4.78 is 26.9. The van der Waals surface area contributed by atoms with Crippen LogP contribution in [-0.4, -0.2) is 18.4 Å². The number of hydrogen-bond acceptors (Lipinski definition) is 4. The van der Waals surface area contributed by atoms with Crippen LogP contribution in [0.4, 0.5) is 0 Å². The minimum atomic E-state index is -4.38. The summed E-state index contributed by atoms with van der Waals surface area (Å²) in [5, 5.41) is 4.81. The summed E-state index contributed by atoms with van der Waals surface area (Å²) in [4.78, 5) is 30.0. The number of hydrogen-bond donors (Lipinski definition) is 2. The first-order chi connectivity index (χ1) is 15.9. The first kappa shape index (κ1) is 19.5. The van der Waals surface area contributed by atoms with Gasteiger partial charge in [0.15, 0.2) is 0 Å². The third kappa shape index (κ3) is 3.05. The summed E-state index contributed by atoms with van der Waals surface area (Å²) in [6.45, 7) is 0. The number of H-pyrrole nitrogens is 2. The van der Waals surface area contributed by atoms with Crippen LogP contribution in [-0.2, 0) is 9.84 Å². The van der Waals surface area contributed by atoms with E-state index in [1.807, 2.05) is 60.7 Å². The summed E-state index contributed by atoms with van der Waals surface area (Å²) in [5.41, 5.74) is -0.486. The molecule has 0 atom stereocenters. The van der Waals surface area contributed by atoms with E-state index in [1.165, 1.54) is 12.1 Å². The van der Waals surface area contributed by atoms with Gasteiger partial charge < -0.3 is 9.97 Å². The van der Waals surface area contributed by atoms with Crippen molar-refractivity contribution in [2.45, 2.75) is 9.79 Å². The molecule has 0 aliphatic carbocycles. The summed E-state index contributed by atoms with van der Waals surface area (Å²) in [6, 6.07) is 25.1. The van der Waals surface area contributed by atoms with Crippen molar-refractivity contribution in [3.05, 3.63) is 106 Å². The molecule has 0 bridgehead atoms. The largest absolute Gasteiger partial charge is 0.321 e. The van der Waals surface area contributed by atoms with Crippen LogP contribution in [0.3, 0.4) is 0 Å². The van der Waals surface area contributed by atoms with Crippen LogP contribution >= 0.6 is 0 Å². The highest BCUT2D eigenvalue weighted by Gasteiger charge is 2.26. The Hall–Kier alpha value is -4.23. The molecule has 0 aliphatic heterocycles. The molecule has 0 aliphatic rings. The van der Waals surface area contributed by atoms with E-state index >= 15 is 0 Å². The molecule has 2 heterocycles. The van der Waals surface area contributed by atoms with Gasteiger partial charge in [0, 0.05) is 21.8 Å². The molecular weight excluding hydrogens is 436 g/mol. The van der Waals surface area contributed by atoms with Crippen LogP contribution in [0.25, 0.3) is 43.4 Å². The maximum Gasteiger partial charge on any atom is 0.267 e. The molecule has 6 nitrogen and oxygen atoms in total. The predicted octanol–water partition coefficient (Wildman–Crippen LogP) is 4.51. The van der Waals surface area contributed by atoms with Gasteiger partial charge in [-0.25, -0.2) is 8.42 Å². The second kappa shape index (κ2) is 6.88. The summed E-state index contributed by atoms with van der Waals surface area (Å²) in [7, 11) is -4.38. The minimum absolute atomic E-state index is 0.462. The normalized spacial score (nSPS) is 12.1. The molecule has 0 amide bonds. The molecule has 2 N–H and O–H groups in total. The van der Waals surface area contributed by atoms with Crippen molar-refractivity contribution >= 4 is 53.2 Å². The lowest BCUT2D eigenvalue weighted by Crippen LogP contribution is -2.23. The average Bonchev–Trinajstić information content (AvgIpc) is 2.80. The molecule has 33 heavy (non-hydrogen) atoms. The molecule has 160 valence electrons. The number of fused-ring (bicyclic) bond motifs is 4. The molecule has 0 saturated carbocycles.